The maximum atomic E-state index is 10.9. The standard InChI is InChI=1S/C12H16N4O2/c1-12(2,3)14-7-10-15-16-11(18-10)8-4-5-9(17)13-6-8/h4-6,14H,7H2,1-3H3,(H,13,17). The van der Waals surface area contributed by atoms with E-state index in [1.807, 2.05) is 0 Å². The Morgan fingerprint density at radius 2 is 2.11 bits per heavy atom. The molecule has 96 valence electrons. The largest absolute Gasteiger partial charge is 0.419 e. The molecule has 2 N–H and O–H groups in total. The number of H-pyrrole nitrogens is 1. The Balaban J connectivity index is 2.10. The number of rotatable bonds is 3. The van der Waals surface area contributed by atoms with Gasteiger partial charge in [-0.05, 0) is 26.8 Å². The molecule has 0 spiro atoms. The second kappa shape index (κ2) is 4.73. The van der Waals surface area contributed by atoms with Crippen molar-refractivity contribution in [2.75, 3.05) is 0 Å². The molecule has 0 aromatic carbocycles. The lowest BCUT2D eigenvalue weighted by atomic mass is 10.1. The van der Waals surface area contributed by atoms with Crippen LogP contribution >= 0.6 is 0 Å². The molecule has 6 heteroatoms. The van der Waals surface area contributed by atoms with Crippen molar-refractivity contribution in [3.8, 4) is 11.5 Å². The minimum absolute atomic E-state index is 0.00732. The Hall–Kier alpha value is -1.95. The van der Waals surface area contributed by atoms with Gasteiger partial charge in [-0.1, -0.05) is 0 Å². The SMILES string of the molecule is CC(C)(C)NCc1nnc(-c2ccc(=O)[nH]c2)o1. The highest BCUT2D eigenvalue weighted by Gasteiger charge is 2.12. The van der Waals surface area contributed by atoms with E-state index in [1.54, 1.807) is 12.3 Å². The van der Waals surface area contributed by atoms with Gasteiger partial charge < -0.3 is 14.7 Å². The van der Waals surface area contributed by atoms with Gasteiger partial charge in [-0.15, -0.1) is 10.2 Å². The predicted octanol–water partition coefficient (Wildman–Crippen LogP) is 1.31. The van der Waals surface area contributed by atoms with Crippen LogP contribution in [0.5, 0.6) is 0 Å². The molecule has 0 unspecified atom stereocenters. The number of aromatic nitrogens is 3. The molecule has 18 heavy (non-hydrogen) atoms. The average Bonchev–Trinajstić information content (AvgIpc) is 2.75. The summed E-state index contributed by atoms with van der Waals surface area (Å²) in [5, 5.41) is 11.1. The minimum Gasteiger partial charge on any atom is -0.419 e. The molecule has 0 amide bonds. The van der Waals surface area contributed by atoms with Crippen molar-refractivity contribution < 1.29 is 4.42 Å². The summed E-state index contributed by atoms with van der Waals surface area (Å²) in [6, 6.07) is 3.07. The van der Waals surface area contributed by atoms with Crippen LogP contribution in [0.4, 0.5) is 0 Å². The van der Waals surface area contributed by atoms with Gasteiger partial charge in [0, 0.05) is 17.8 Å². The van der Waals surface area contributed by atoms with E-state index in [1.165, 1.54) is 6.07 Å². The van der Waals surface area contributed by atoms with Crippen molar-refractivity contribution in [1.29, 1.82) is 0 Å². The van der Waals surface area contributed by atoms with Gasteiger partial charge in [0.1, 0.15) is 0 Å². The third kappa shape index (κ3) is 3.27. The van der Waals surface area contributed by atoms with Crippen molar-refractivity contribution in [3.63, 3.8) is 0 Å². The quantitative estimate of drug-likeness (QED) is 0.855. The summed E-state index contributed by atoms with van der Waals surface area (Å²) in [6.45, 7) is 6.70. The van der Waals surface area contributed by atoms with Crippen LogP contribution in [0.3, 0.4) is 0 Å². The molecule has 0 atom stereocenters. The average molecular weight is 248 g/mol. The number of nitrogens with zero attached hydrogens (tertiary/aromatic N) is 2. The molecule has 0 radical (unpaired) electrons. The molecule has 6 nitrogen and oxygen atoms in total. The summed E-state index contributed by atoms with van der Waals surface area (Å²) in [4.78, 5) is 13.5. The molecule has 0 aliphatic carbocycles. The van der Waals surface area contributed by atoms with Crippen LogP contribution in [-0.2, 0) is 6.54 Å². The van der Waals surface area contributed by atoms with Crippen molar-refractivity contribution in [2.24, 2.45) is 0 Å². The van der Waals surface area contributed by atoms with E-state index >= 15 is 0 Å². The molecule has 2 rings (SSSR count). The Morgan fingerprint density at radius 3 is 2.72 bits per heavy atom. The highest BCUT2D eigenvalue weighted by molar-refractivity contribution is 5.49. The van der Waals surface area contributed by atoms with E-state index in [0.717, 1.165) is 0 Å². The van der Waals surface area contributed by atoms with Gasteiger partial charge in [0.25, 0.3) is 0 Å². The first-order chi connectivity index (χ1) is 8.44. The Morgan fingerprint density at radius 1 is 1.33 bits per heavy atom. The molecule has 2 aromatic heterocycles. The Bertz CT molecular complexity index is 560. The maximum absolute atomic E-state index is 10.9. The van der Waals surface area contributed by atoms with E-state index in [0.29, 0.717) is 23.9 Å². The molecule has 0 bridgehead atoms. The molecule has 2 aromatic rings. The van der Waals surface area contributed by atoms with E-state index in [2.05, 4.69) is 41.3 Å². The van der Waals surface area contributed by atoms with Crippen LogP contribution in [0.15, 0.2) is 27.5 Å². The molecule has 0 aliphatic heterocycles. The van der Waals surface area contributed by atoms with Gasteiger partial charge in [0.2, 0.25) is 17.3 Å². The summed E-state index contributed by atoms with van der Waals surface area (Å²) in [5.74, 6) is 0.920. The number of aromatic amines is 1. The number of pyridine rings is 1. The highest BCUT2D eigenvalue weighted by atomic mass is 16.4. The van der Waals surface area contributed by atoms with Crippen molar-refractivity contribution in [3.05, 3.63) is 34.6 Å². The number of nitrogens with one attached hydrogen (secondary N) is 2. The van der Waals surface area contributed by atoms with Gasteiger partial charge in [-0.3, -0.25) is 4.79 Å². The normalized spacial score (nSPS) is 11.7. The van der Waals surface area contributed by atoms with E-state index in [-0.39, 0.29) is 11.1 Å². The summed E-state index contributed by atoms with van der Waals surface area (Å²) in [7, 11) is 0. The second-order valence-electron chi connectivity index (χ2n) is 5.05. The third-order valence-corrected chi connectivity index (χ3v) is 2.27. The van der Waals surface area contributed by atoms with Crippen LogP contribution in [-0.4, -0.2) is 20.7 Å². The van der Waals surface area contributed by atoms with Crippen LogP contribution in [0, 0.1) is 0 Å². The fraction of sp³-hybridized carbons (Fsp3) is 0.417. The molecule has 0 aliphatic rings. The topological polar surface area (TPSA) is 83.8 Å². The van der Waals surface area contributed by atoms with Gasteiger partial charge in [-0.2, -0.15) is 0 Å². The summed E-state index contributed by atoms with van der Waals surface area (Å²) >= 11 is 0. The molecule has 0 saturated heterocycles. The van der Waals surface area contributed by atoms with Gasteiger partial charge >= 0.3 is 0 Å². The van der Waals surface area contributed by atoms with E-state index in [9.17, 15) is 4.79 Å². The monoisotopic (exact) mass is 248 g/mol. The molecule has 0 saturated carbocycles. The van der Waals surface area contributed by atoms with Gasteiger partial charge in [0.05, 0.1) is 12.1 Å². The molecule has 0 fully saturated rings. The number of hydrogen-bond acceptors (Lipinski definition) is 5. The Labute approximate surface area is 104 Å². The van der Waals surface area contributed by atoms with Crippen molar-refractivity contribution in [1.82, 2.24) is 20.5 Å². The summed E-state index contributed by atoms with van der Waals surface area (Å²) in [5.41, 5.74) is 0.532. The Kier molecular flexibility index (Phi) is 3.29. The van der Waals surface area contributed by atoms with Crippen LogP contribution in [0.2, 0.25) is 0 Å². The first-order valence-corrected chi connectivity index (χ1v) is 5.70. The first kappa shape index (κ1) is 12.5. The lowest BCUT2D eigenvalue weighted by molar-refractivity contribution is 0.383. The predicted molar refractivity (Wildman–Crippen MR) is 66.9 cm³/mol. The minimum atomic E-state index is -0.159. The summed E-state index contributed by atoms with van der Waals surface area (Å²) in [6.07, 6.45) is 1.55. The van der Waals surface area contributed by atoms with E-state index in [4.69, 9.17) is 4.42 Å². The van der Waals surface area contributed by atoms with Crippen molar-refractivity contribution >= 4 is 0 Å². The zero-order chi connectivity index (χ0) is 13.2. The fourth-order valence-electron chi connectivity index (χ4n) is 1.33. The lowest BCUT2D eigenvalue weighted by Gasteiger charge is -2.18. The first-order valence-electron chi connectivity index (χ1n) is 5.70. The van der Waals surface area contributed by atoms with Crippen LogP contribution in [0.25, 0.3) is 11.5 Å². The zero-order valence-corrected chi connectivity index (χ0v) is 10.7. The molecular weight excluding hydrogens is 232 g/mol. The fourth-order valence-corrected chi connectivity index (χ4v) is 1.33. The van der Waals surface area contributed by atoms with Crippen molar-refractivity contribution in [2.45, 2.75) is 32.9 Å². The number of hydrogen-bond donors (Lipinski definition) is 2. The smallest absolute Gasteiger partial charge is 0.249 e. The summed E-state index contributed by atoms with van der Waals surface area (Å²) < 4.78 is 5.50. The van der Waals surface area contributed by atoms with Crippen LogP contribution in [0.1, 0.15) is 26.7 Å². The zero-order valence-electron chi connectivity index (χ0n) is 10.7. The molecular formula is C12H16N4O2. The maximum Gasteiger partial charge on any atom is 0.249 e. The van der Waals surface area contributed by atoms with Gasteiger partial charge in [0.15, 0.2) is 0 Å². The highest BCUT2D eigenvalue weighted by Crippen LogP contribution is 2.15. The molecule has 2 heterocycles. The van der Waals surface area contributed by atoms with Gasteiger partial charge in [-0.25, -0.2) is 0 Å². The van der Waals surface area contributed by atoms with Crippen LogP contribution < -0.4 is 10.9 Å². The second-order valence-corrected chi connectivity index (χ2v) is 5.05. The lowest BCUT2D eigenvalue weighted by Crippen LogP contribution is -2.35. The van der Waals surface area contributed by atoms with E-state index < -0.39 is 0 Å². The third-order valence-electron chi connectivity index (χ3n) is 2.27.